The van der Waals surface area contributed by atoms with E-state index < -0.39 is 5.95 Å². The molecule has 0 unspecified atom stereocenters. The van der Waals surface area contributed by atoms with Crippen LogP contribution in [-0.4, -0.2) is 11.6 Å². The number of aromatic nitrogens is 1. The van der Waals surface area contributed by atoms with Crippen LogP contribution in [0.2, 0.25) is 0 Å². The summed E-state index contributed by atoms with van der Waals surface area (Å²) in [7, 11) is 0. The van der Waals surface area contributed by atoms with Gasteiger partial charge >= 0.3 is 0 Å². The van der Waals surface area contributed by atoms with Crippen LogP contribution in [-0.2, 0) is 0 Å². The molecule has 170 valence electrons. The van der Waals surface area contributed by atoms with Gasteiger partial charge in [0.2, 0.25) is 0 Å². The fraction of sp³-hybridized carbons (Fsp3) is 0.607. The Morgan fingerprint density at radius 1 is 0.839 bits per heavy atom. The predicted octanol–water partition coefficient (Wildman–Crippen LogP) is 8.70. The van der Waals surface area contributed by atoms with Crippen molar-refractivity contribution in [2.24, 2.45) is 5.92 Å². The van der Waals surface area contributed by atoms with Crippen LogP contribution in [0.15, 0.2) is 36.4 Å². The first-order valence-electron chi connectivity index (χ1n) is 12.6. The zero-order chi connectivity index (χ0) is 21.9. The molecule has 1 aliphatic carbocycles. The first-order valence-corrected chi connectivity index (χ1v) is 12.6. The normalized spacial score (nSPS) is 18.8. The van der Waals surface area contributed by atoms with Gasteiger partial charge in [-0.1, -0.05) is 83.1 Å². The summed E-state index contributed by atoms with van der Waals surface area (Å²) < 4.78 is 20.0. The molecule has 0 aliphatic heterocycles. The van der Waals surface area contributed by atoms with Crippen molar-refractivity contribution in [3.63, 3.8) is 0 Å². The Morgan fingerprint density at radius 3 is 2.23 bits per heavy atom. The Labute approximate surface area is 188 Å². The van der Waals surface area contributed by atoms with Crippen molar-refractivity contribution in [3.8, 4) is 17.0 Å². The lowest BCUT2D eigenvalue weighted by molar-refractivity contribution is 0.286. The average Bonchev–Trinajstić information content (AvgIpc) is 2.80. The van der Waals surface area contributed by atoms with Crippen LogP contribution in [0.5, 0.6) is 5.75 Å². The van der Waals surface area contributed by atoms with E-state index in [0.29, 0.717) is 18.2 Å². The molecule has 2 nitrogen and oxygen atoms in total. The molecule has 1 aromatic heterocycles. The number of benzene rings is 1. The van der Waals surface area contributed by atoms with E-state index in [1.165, 1.54) is 69.8 Å². The Bertz CT molecular complexity index is 765. The molecule has 0 atom stereocenters. The monoisotopic (exact) mass is 425 g/mol. The topological polar surface area (TPSA) is 22.1 Å². The molecule has 0 amide bonds. The number of unbranched alkanes of at least 4 members (excludes halogenated alkanes) is 5. The average molecular weight is 426 g/mol. The van der Waals surface area contributed by atoms with Gasteiger partial charge in [0, 0.05) is 5.56 Å². The van der Waals surface area contributed by atoms with Crippen LogP contribution >= 0.6 is 0 Å². The largest absolute Gasteiger partial charge is 0.489 e. The first-order chi connectivity index (χ1) is 15.2. The van der Waals surface area contributed by atoms with Gasteiger partial charge in [0.25, 0.3) is 5.95 Å². The van der Waals surface area contributed by atoms with Crippen molar-refractivity contribution < 1.29 is 9.13 Å². The Kier molecular flexibility index (Phi) is 9.84. The van der Waals surface area contributed by atoms with Crippen LogP contribution in [0.3, 0.4) is 0 Å². The molecule has 0 N–H and O–H groups in total. The molecular formula is C28H40FNO. The minimum atomic E-state index is -0.515. The van der Waals surface area contributed by atoms with Crippen molar-refractivity contribution in [2.45, 2.75) is 96.8 Å². The molecule has 0 spiro atoms. The summed E-state index contributed by atoms with van der Waals surface area (Å²) in [4.78, 5) is 4.15. The lowest BCUT2D eigenvalue weighted by Gasteiger charge is -2.29. The molecule has 1 heterocycles. The molecule has 31 heavy (non-hydrogen) atoms. The van der Waals surface area contributed by atoms with Crippen molar-refractivity contribution in [2.75, 3.05) is 6.61 Å². The number of hydrogen-bond acceptors (Lipinski definition) is 2. The molecule has 1 aliphatic rings. The third-order valence-corrected chi connectivity index (χ3v) is 6.81. The smallest absolute Gasteiger partial charge is 0.255 e. The second kappa shape index (κ2) is 12.8. The molecule has 2 aromatic rings. The predicted molar refractivity (Wildman–Crippen MR) is 128 cm³/mol. The second-order valence-electron chi connectivity index (χ2n) is 9.23. The summed E-state index contributed by atoms with van der Waals surface area (Å²) in [5.41, 5.74) is 3.05. The van der Waals surface area contributed by atoms with E-state index >= 15 is 0 Å². The molecule has 0 bridgehead atoms. The summed E-state index contributed by atoms with van der Waals surface area (Å²) >= 11 is 0. The number of halogens is 1. The van der Waals surface area contributed by atoms with Crippen LogP contribution in [0.1, 0.15) is 102 Å². The van der Waals surface area contributed by atoms with E-state index in [9.17, 15) is 4.39 Å². The molecule has 1 fully saturated rings. The van der Waals surface area contributed by atoms with Gasteiger partial charge in [-0.25, -0.2) is 4.98 Å². The van der Waals surface area contributed by atoms with Crippen molar-refractivity contribution >= 4 is 0 Å². The molecule has 3 rings (SSSR count). The Morgan fingerprint density at radius 2 is 1.55 bits per heavy atom. The van der Waals surface area contributed by atoms with Crippen molar-refractivity contribution in [1.82, 2.24) is 4.98 Å². The zero-order valence-corrected chi connectivity index (χ0v) is 19.5. The molecule has 0 saturated heterocycles. The minimum absolute atomic E-state index is 0.257. The fourth-order valence-electron chi connectivity index (χ4n) is 4.79. The van der Waals surface area contributed by atoms with E-state index in [4.69, 9.17) is 4.74 Å². The second-order valence-corrected chi connectivity index (χ2v) is 9.23. The molecule has 0 radical (unpaired) electrons. The summed E-state index contributed by atoms with van der Waals surface area (Å²) in [5, 5.41) is 0. The minimum Gasteiger partial charge on any atom is -0.489 e. The van der Waals surface area contributed by atoms with E-state index in [0.717, 1.165) is 24.3 Å². The van der Waals surface area contributed by atoms with Gasteiger partial charge in [-0.3, -0.25) is 0 Å². The van der Waals surface area contributed by atoms with Gasteiger partial charge in [-0.15, -0.1) is 0 Å². The highest BCUT2D eigenvalue weighted by atomic mass is 19.1. The van der Waals surface area contributed by atoms with Gasteiger partial charge in [0.05, 0.1) is 12.3 Å². The summed E-state index contributed by atoms with van der Waals surface area (Å²) in [6.07, 6.45) is 15.3. The highest BCUT2D eigenvalue weighted by Gasteiger charge is 2.22. The van der Waals surface area contributed by atoms with E-state index in [1.54, 1.807) is 6.07 Å². The number of pyridine rings is 1. The highest BCUT2D eigenvalue weighted by Crippen LogP contribution is 2.38. The van der Waals surface area contributed by atoms with Gasteiger partial charge in [-0.2, -0.15) is 4.39 Å². The van der Waals surface area contributed by atoms with Gasteiger partial charge in [-0.05, 0) is 61.6 Å². The Balaban J connectivity index is 1.51. The highest BCUT2D eigenvalue weighted by molar-refractivity contribution is 5.60. The number of hydrogen-bond donors (Lipinski definition) is 0. The summed E-state index contributed by atoms with van der Waals surface area (Å²) in [6, 6.07) is 12.2. The number of ether oxygens (including phenoxy) is 1. The van der Waals surface area contributed by atoms with Crippen LogP contribution < -0.4 is 4.74 Å². The maximum absolute atomic E-state index is 14.4. The standard InChI is InChI=1S/C28H40FNO/c1-3-5-7-9-21-31-27-20-19-26(30-28(27)29)25-17-15-24(16-18-25)23-13-11-22(12-14-23)10-8-6-4-2/h15-20,22-23H,3-14,21H2,1-2H3/t22-,23-. The van der Waals surface area contributed by atoms with Crippen LogP contribution in [0.25, 0.3) is 11.3 Å². The van der Waals surface area contributed by atoms with E-state index in [-0.39, 0.29) is 5.75 Å². The molecular weight excluding hydrogens is 385 g/mol. The Hall–Kier alpha value is -1.90. The quantitative estimate of drug-likeness (QED) is 0.250. The van der Waals surface area contributed by atoms with Crippen LogP contribution in [0, 0.1) is 11.9 Å². The van der Waals surface area contributed by atoms with Crippen LogP contribution in [0.4, 0.5) is 4.39 Å². The molecule has 3 heteroatoms. The van der Waals surface area contributed by atoms with E-state index in [1.807, 2.05) is 6.07 Å². The zero-order valence-electron chi connectivity index (χ0n) is 19.5. The van der Waals surface area contributed by atoms with Crippen molar-refractivity contribution in [3.05, 3.63) is 47.9 Å². The van der Waals surface area contributed by atoms with Crippen molar-refractivity contribution in [1.29, 1.82) is 0 Å². The number of rotatable bonds is 12. The SMILES string of the molecule is CCCCCCOc1ccc(-c2ccc([C@H]3CC[C@H](CCCCC)CC3)cc2)nc1F. The van der Waals surface area contributed by atoms with Gasteiger partial charge in [0.1, 0.15) is 0 Å². The number of nitrogens with zero attached hydrogens (tertiary/aromatic N) is 1. The lowest BCUT2D eigenvalue weighted by Crippen LogP contribution is -2.13. The lowest BCUT2D eigenvalue weighted by atomic mass is 9.77. The first kappa shape index (κ1) is 23.8. The van der Waals surface area contributed by atoms with E-state index in [2.05, 4.69) is 43.1 Å². The van der Waals surface area contributed by atoms with Gasteiger partial charge in [0.15, 0.2) is 5.75 Å². The molecule has 1 saturated carbocycles. The third-order valence-electron chi connectivity index (χ3n) is 6.81. The summed E-state index contributed by atoms with van der Waals surface area (Å²) in [5.74, 6) is 1.34. The summed E-state index contributed by atoms with van der Waals surface area (Å²) in [6.45, 7) is 5.01. The molecule has 1 aromatic carbocycles. The van der Waals surface area contributed by atoms with Gasteiger partial charge < -0.3 is 4.74 Å². The fourth-order valence-corrected chi connectivity index (χ4v) is 4.79. The third kappa shape index (κ3) is 7.33. The maximum Gasteiger partial charge on any atom is 0.255 e. The maximum atomic E-state index is 14.4.